The number of aliphatic carboxylic acids is 1. The first-order valence-electron chi connectivity index (χ1n) is 7.87. The molecule has 0 aliphatic heterocycles. The van der Waals surface area contributed by atoms with E-state index in [2.05, 4.69) is 20.7 Å². The van der Waals surface area contributed by atoms with Crippen molar-refractivity contribution in [3.05, 3.63) is 36.9 Å². The van der Waals surface area contributed by atoms with Crippen LogP contribution in [0.2, 0.25) is 0 Å². The number of urea groups is 1. The van der Waals surface area contributed by atoms with Crippen LogP contribution in [0.5, 0.6) is 0 Å². The summed E-state index contributed by atoms with van der Waals surface area (Å²) in [6.07, 6.45) is 9.19. The van der Waals surface area contributed by atoms with Crippen LogP contribution in [0.4, 0.5) is 10.5 Å². The van der Waals surface area contributed by atoms with E-state index in [0.29, 0.717) is 31.4 Å². The van der Waals surface area contributed by atoms with Gasteiger partial charge >= 0.3 is 12.0 Å². The van der Waals surface area contributed by atoms with Gasteiger partial charge in [0.2, 0.25) is 0 Å². The molecule has 24 heavy (non-hydrogen) atoms. The molecule has 0 saturated heterocycles. The van der Waals surface area contributed by atoms with E-state index in [0.717, 1.165) is 5.69 Å². The van der Waals surface area contributed by atoms with E-state index in [4.69, 9.17) is 5.11 Å². The van der Waals surface area contributed by atoms with E-state index in [1.54, 1.807) is 29.5 Å². The zero-order valence-corrected chi connectivity index (χ0v) is 13.1. The lowest BCUT2D eigenvalue weighted by Gasteiger charge is -2.26. The van der Waals surface area contributed by atoms with Crippen LogP contribution >= 0.6 is 0 Å². The van der Waals surface area contributed by atoms with E-state index in [1.807, 2.05) is 12.1 Å². The van der Waals surface area contributed by atoms with E-state index >= 15 is 0 Å². The SMILES string of the molecule is O=C(Nc1cnn(-c2ccncc2)c1)NC1CCC(C(=O)O)CC1. The average molecular weight is 329 g/mol. The summed E-state index contributed by atoms with van der Waals surface area (Å²) in [5.41, 5.74) is 1.44. The molecule has 0 atom stereocenters. The quantitative estimate of drug-likeness (QED) is 0.795. The van der Waals surface area contributed by atoms with Crippen LogP contribution in [-0.4, -0.2) is 37.9 Å². The number of carboxylic acid groups (broad SMARTS) is 1. The Balaban J connectivity index is 1.51. The Morgan fingerprint density at radius 2 is 1.88 bits per heavy atom. The third-order valence-electron chi connectivity index (χ3n) is 4.18. The Bertz CT molecular complexity index is 708. The van der Waals surface area contributed by atoms with Gasteiger partial charge in [-0.3, -0.25) is 9.78 Å². The molecule has 1 aliphatic carbocycles. The molecule has 3 N–H and O–H groups in total. The first-order chi connectivity index (χ1) is 11.6. The Labute approximate surface area is 138 Å². The molecule has 0 spiro atoms. The van der Waals surface area contributed by atoms with Crippen molar-refractivity contribution in [3.8, 4) is 5.69 Å². The van der Waals surface area contributed by atoms with E-state index in [-0.39, 0.29) is 18.0 Å². The monoisotopic (exact) mass is 329 g/mol. The second kappa shape index (κ2) is 7.12. The van der Waals surface area contributed by atoms with Gasteiger partial charge in [-0.25, -0.2) is 9.48 Å². The summed E-state index contributed by atoms with van der Waals surface area (Å²) in [6, 6.07) is 3.34. The third kappa shape index (κ3) is 3.89. The molecule has 2 aromatic rings. The van der Waals surface area contributed by atoms with Crippen molar-refractivity contribution in [1.29, 1.82) is 0 Å². The molecule has 0 radical (unpaired) electrons. The molecule has 2 aromatic heterocycles. The van der Waals surface area contributed by atoms with Gasteiger partial charge in [-0.05, 0) is 37.8 Å². The number of aromatic nitrogens is 3. The minimum absolute atomic E-state index is 0.0100. The van der Waals surface area contributed by atoms with Gasteiger partial charge in [-0.1, -0.05) is 0 Å². The fourth-order valence-corrected chi connectivity index (χ4v) is 2.86. The minimum atomic E-state index is -0.749. The summed E-state index contributed by atoms with van der Waals surface area (Å²) in [5.74, 6) is -1.04. The number of hydrogen-bond donors (Lipinski definition) is 3. The lowest BCUT2D eigenvalue weighted by molar-refractivity contribution is -0.142. The van der Waals surface area contributed by atoms with Crippen LogP contribution in [0.25, 0.3) is 5.69 Å². The Morgan fingerprint density at radius 3 is 2.54 bits per heavy atom. The summed E-state index contributed by atoms with van der Waals surface area (Å²) >= 11 is 0. The molecule has 126 valence electrons. The minimum Gasteiger partial charge on any atom is -0.481 e. The molecule has 1 fully saturated rings. The van der Waals surface area contributed by atoms with Gasteiger partial charge in [0.25, 0.3) is 0 Å². The maximum Gasteiger partial charge on any atom is 0.319 e. The van der Waals surface area contributed by atoms with E-state index < -0.39 is 5.97 Å². The standard InChI is InChI=1S/C16H19N5O3/c22-15(23)11-1-3-12(4-2-11)19-16(24)20-13-9-18-21(10-13)14-5-7-17-8-6-14/h5-12H,1-4H2,(H,22,23)(H2,19,20,24). The number of carbonyl (C=O) groups excluding carboxylic acids is 1. The second-order valence-electron chi connectivity index (χ2n) is 5.86. The zero-order chi connectivity index (χ0) is 16.9. The third-order valence-corrected chi connectivity index (χ3v) is 4.18. The topological polar surface area (TPSA) is 109 Å². The molecule has 0 aromatic carbocycles. The van der Waals surface area contributed by atoms with Crippen molar-refractivity contribution >= 4 is 17.7 Å². The van der Waals surface area contributed by atoms with Gasteiger partial charge in [0, 0.05) is 18.4 Å². The lowest BCUT2D eigenvalue weighted by Crippen LogP contribution is -2.40. The molecular weight excluding hydrogens is 310 g/mol. The maximum atomic E-state index is 12.1. The highest BCUT2D eigenvalue weighted by Gasteiger charge is 2.26. The van der Waals surface area contributed by atoms with Crippen molar-refractivity contribution in [2.75, 3.05) is 5.32 Å². The number of hydrogen-bond acceptors (Lipinski definition) is 4. The van der Waals surface area contributed by atoms with Gasteiger partial charge in [0.05, 0.1) is 29.7 Å². The molecule has 3 rings (SSSR count). The molecule has 1 saturated carbocycles. The highest BCUT2D eigenvalue weighted by atomic mass is 16.4. The Morgan fingerprint density at radius 1 is 1.17 bits per heavy atom. The van der Waals surface area contributed by atoms with Crippen molar-refractivity contribution in [1.82, 2.24) is 20.1 Å². The number of anilines is 1. The predicted octanol–water partition coefficient (Wildman–Crippen LogP) is 2.03. The van der Waals surface area contributed by atoms with Crippen LogP contribution in [0.1, 0.15) is 25.7 Å². The molecule has 8 heteroatoms. The highest BCUT2D eigenvalue weighted by molar-refractivity contribution is 5.89. The maximum absolute atomic E-state index is 12.1. The van der Waals surface area contributed by atoms with Crippen molar-refractivity contribution < 1.29 is 14.7 Å². The molecule has 2 amide bonds. The molecule has 0 bridgehead atoms. The summed E-state index contributed by atoms with van der Waals surface area (Å²) in [4.78, 5) is 26.9. The van der Waals surface area contributed by atoms with E-state index in [9.17, 15) is 9.59 Å². The van der Waals surface area contributed by atoms with Crippen LogP contribution < -0.4 is 10.6 Å². The van der Waals surface area contributed by atoms with Gasteiger partial charge in [0.1, 0.15) is 0 Å². The second-order valence-corrected chi connectivity index (χ2v) is 5.86. The zero-order valence-electron chi connectivity index (χ0n) is 13.1. The van der Waals surface area contributed by atoms with Crippen molar-refractivity contribution in [2.45, 2.75) is 31.7 Å². The Hall–Kier alpha value is -2.90. The number of nitrogens with zero attached hydrogens (tertiary/aromatic N) is 3. The smallest absolute Gasteiger partial charge is 0.319 e. The van der Waals surface area contributed by atoms with Crippen LogP contribution in [0.3, 0.4) is 0 Å². The molecule has 0 unspecified atom stereocenters. The fraction of sp³-hybridized carbons (Fsp3) is 0.375. The predicted molar refractivity (Wildman–Crippen MR) is 86.9 cm³/mol. The summed E-state index contributed by atoms with van der Waals surface area (Å²) in [7, 11) is 0. The van der Waals surface area contributed by atoms with Crippen molar-refractivity contribution in [3.63, 3.8) is 0 Å². The number of pyridine rings is 1. The summed E-state index contributed by atoms with van der Waals surface area (Å²) in [5, 5.41) is 18.8. The first kappa shape index (κ1) is 16.0. The average Bonchev–Trinajstić information content (AvgIpc) is 3.04. The number of carboxylic acids is 1. The molecule has 8 nitrogen and oxygen atoms in total. The first-order valence-corrected chi connectivity index (χ1v) is 7.87. The van der Waals surface area contributed by atoms with Crippen molar-refractivity contribution in [2.24, 2.45) is 5.92 Å². The van der Waals surface area contributed by atoms with E-state index in [1.165, 1.54) is 0 Å². The van der Waals surface area contributed by atoms with Crippen LogP contribution in [-0.2, 0) is 4.79 Å². The highest BCUT2D eigenvalue weighted by Crippen LogP contribution is 2.24. The lowest BCUT2D eigenvalue weighted by atomic mass is 9.86. The number of rotatable bonds is 4. The summed E-state index contributed by atoms with van der Waals surface area (Å²) < 4.78 is 1.65. The van der Waals surface area contributed by atoms with Gasteiger partial charge in [-0.2, -0.15) is 5.10 Å². The summed E-state index contributed by atoms with van der Waals surface area (Å²) in [6.45, 7) is 0. The number of amides is 2. The van der Waals surface area contributed by atoms with Gasteiger partial charge < -0.3 is 15.7 Å². The Kier molecular flexibility index (Phi) is 4.74. The fourth-order valence-electron chi connectivity index (χ4n) is 2.86. The normalized spacial score (nSPS) is 20.3. The van der Waals surface area contributed by atoms with Gasteiger partial charge in [-0.15, -0.1) is 0 Å². The number of nitrogens with one attached hydrogen (secondary N) is 2. The van der Waals surface area contributed by atoms with Crippen LogP contribution in [0, 0.1) is 5.92 Å². The van der Waals surface area contributed by atoms with Crippen LogP contribution in [0.15, 0.2) is 36.9 Å². The molecule has 2 heterocycles. The van der Waals surface area contributed by atoms with Gasteiger partial charge in [0.15, 0.2) is 0 Å². The molecule has 1 aliphatic rings. The largest absolute Gasteiger partial charge is 0.481 e. The molecular formula is C16H19N5O3. The number of carbonyl (C=O) groups is 2.